The minimum Gasteiger partial charge on any atom is -0.347 e. The Balaban J connectivity index is 0.00000338. The molecule has 1 aliphatic rings. The molecule has 0 saturated carbocycles. The van der Waals surface area contributed by atoms with Gasteiger partial charge >= 0.3 is 0 Å². The van der Waals surface area contributed by atoms with Gasteiger partial charge in [-0.25, -0.2) is 0 Å². The second-order valence-corrected chi connectivity index (χ2v) is 7.55. The van der Waals surface area contributed by atoms with Gasteiger partial charge in [0.25, 0.3) is 5.91 Å². The predicted molar refractivity (Wildman–Crippen MR) is 109 cm³/mol. The molecule has 2 rings (SSSR count). The van der Waals surface area contributed by atoms with E-state index in [1.54, 1.807) is 24.3 Å². The molecule has 0 bridgehead atoms. The number of carbonyl (C=O) groups is 2. The molecular formula is C20H32ClN3O2. The van der Waals surface area contributed by atoms with Crippen LogP contribution in [0.15, 0.2) is 24.3 Å². The van der Waals surface area contributed by atoms with E-state index in [0.717, 1.165) is 44.5 Å². The molecule has 0 atom stereocenters. The Morgan fingerprint density at radius 3 is 2.35 bits per heavy atom. The largest absolute Gasteiger partial charge is 0.347 e. The molecule has 26 heavy (non-hydrogen) atoms. The monoisotopic (exact) mass is 381 g/mol. The molecule has 3 N–H and O–H groups in total. The highest BCUT2D eigenvalue weighted by molar-refractivity contribution is 5.96. The molecule has 6 heteroatoms. The number of hydrogen-bond donors (Lipinski definition) is 3. The molecule has 1 fully saturated rings. The van der Waals surface area contributed by atoms with E-state index < -0.39 is 0 Å². The smallest absolute Gasteiger partial charge is 0.251 e. The first kappa shape index (κ1) is 22.5. The van der Waals surface area contributed by atoms with Gasteiger partial charge in [-0.15, -0.1) is 12.4 Å². The average Bonchev–Trinajstić information content (AvgIpc) is 2.61. The molecule has 146 valence electrons. The maximum absolute atomic E-state index is 12.2. The summed E-state index contributed by atoms with van der Waals surface area (Å²) in [6, 6.07) is 7.08. The molecule has 1 aromatic rings. The van der Waals surface area contributed by atoms with Crippen molar-refractivity contribution < 1.29 is 9.59 Å². The normalized spacial score (nSPS) is 15.0. The number of carbonyl (C=O) groups excluding carboxylic acids is 2. The summed E-state index contributed by atoms with van der Waals surface area (Å²) in [5.74, 6) is 0.610. The lowest BCUT2D eigenvalue weighted by atomic mass is 9.93. The van der Waals surface area contributed by atoms with Crippen LogP contribution in [0.1, 0.15) is 63.2 Å². The van der Waals surface area contributed by atoms with Crippen molar-refractivity contribution in [1.29, 1.82) is 0 Å². The van der Waals surface area contributed by atoms with Crippen LogP contribution in [0, 0.1) is 5.92 Å². The summed E-state index contributed by atoms with van der Waals surface area (Å²) in [6.07, 6.45) is 4.68. The van der Waals surface area contributed by atoms with E-state index in [4.69, 9.17) is 0 Å². The van der Waals surface area contributed by atoms with Crippen LogP contribution in [0.2, 0.25) is 0 Å². The van der Waals surface area contributed by atoms with Crippen molar-refractivity contribution in [2.75, 3.05) is 18.4 Å². The van der Waals surface area contributed by atoms with Gasteiger partial charge in [-0.1, -0.05) is 6.92 Å². The molecule has 5 nitrogen and oxygen atoms in total. The Kier molecular flexibility index (Phi) is 9.09. The SMILES string of the molecule is CCC(C)(C)NC(=O)c1ccc(NC(=O)CCC2CCNCC2)cc1.Cl. The first-order valence-electron chi connectivity index (χ1n) is 9.33. The third-order valence-electron chi connectivity index (χ3n) is 5.01. The molecular weight excluding hydrogens is 350 g/mol. The standard InChI is InChI=1S/C20H31N3O2.ClH/c1-4-20(2,3)23-19(25)16-6-8-17(9-7-16)22-18(24)10-5-15-11-13-21-14-12-15;/h6-9,15,21H,4-5,10-14H2,1-3H3,(H,22,24)(H,23,25);1H. The number of rotatable bonds is 7. The maximum atomic E-state index is 12.2. The van der Waals surface area contributed by atoms with Crippen LogP contribution in [-0.2, 0) is 4.79 Å². The van der Waals surface area contributed by atoms with Crippen LogP contribution in [0.25, 0.3) is 0 Å². The van der Waals surface area contributed by atoms with Gasteiger partial charge in [0.15, 0.2) is 0 Å². The number of amides is 2. The van der Waals surface area contributed by atoms with E-state index in [-0.39, 0.29) is 29.8 Å². The minimum atomic E-state index is -0.224. The number of halogens is 1. The minimum absolute atomic E-state index is 0. The molecule has 1 saturated heterocycles. The van der Waals surface area contributed by atoms with E-state index in [9.17, 15) is 9.59 Å². The number of anilines is 1. The Morgan fingerprint density at radius 2 is 1.77 bits per heavy atom. The van der Waals surface area contributed by atoms with Crippen LogP contribution in [0.3, 0.4) is 0 Å². The van der Waals surface area contributed by atoms with Gasteiger partial charge in [-0.2, -0.15) is 0 Å². The molecule has 1 aliphatic heterocycles. The Bertz CT molecular complexity index is 581. The van der Waals surface area contributed by atoms with Crippen molar-refractivity contribution in [3.8, 4) is 0 Å². The zero-order valence-corrected chi connectivity index (χ0v) is 16.9. The fourth-order valence-corrected chi connectivity index (χ4v) is 2.90. The summed E-state index contributed by atoms with van der Waals surface area (Å²) in [5, 5.41) is 9.27. The van der Waals surface area contributed by atoms with Crippen molar-refractivity contribution in [3.63, 3.8) is 0 Å². The van der Waals surface area contributed by atoms with Gasteiger partial charge in [-0.05, 0) is 82.8 Å². The summed E-state index contributed by atoms with van der Waals surface area (Å²) in [7, 11) is 0. The summed E-state index contributed by atoms with van der Waals surface area (Å²) in [6.45, 7) is 8.17. The molecule has 1 heterocycles. The highest BCUT2D eigenvalue weighted by Gasteiger charge is 2.19. The van der Waals surface area contributed by atoms with Gasteiger partial charge in [0.1, 0.15) is 0 Å². The summed E-state index contributed by atoms with van der Waals surface area (Å²) < 4.78 is 0. The van der Waals surface area contributed by atoms with Gasteiger partial charge in [0.05, 0.1) is 0 Å². The molecule has 0 aromatic heterocycles. The number of piperidine rings is 1. The van der Waals surface area contributed by atoms with Crippen LogP contribution in [0.5, 0.6) is 0 Å². The van der Waals surface area contributed by atoms with Crippen LogP contribution in [0.4, 0.5) is 5.69 Å². The first-order chi connectivity index (χ1) is 11.9. The van der Waals surface area contributed by atoms with Crippen molar-refractivity contribution >= 4 is 29.9 Å². The van der Waals surface area contributed by atoms with E-state index in [1.165, 1.54) is 0 Å². The lowest BCUT2D eigenvalue weighted by molar-refractivity contribution is -0.116. The molecule has 1 aromatic carbocycles. The highest BCUT2D eigenvalue weighted by atomic mass is 35.5. The number of hydrogen-bond acceptors (Lipinski definition) is 3. The Hall–Kier alpha value is -1.59. The van der Waals surface area contributed by atoms with Crippen LogP contribution in [-0.4, -0.2) is 30.4 Å². The Labute approximate surface area is 163 Å². The lowest BCUT2D eigenvalue weighted by Crippen LogP contribution is -2.42. The second-order valence-electron chi connectivity index (χ2n) is 7.55. The van der Waals surface area contributed by atoms with Crippen molar-refractivity contribution in [2.45, 2.75) is 58.4 Å². The highest BCUT2D eigenvalue weighted by Crippen LogP contribution is 2.18. The van der Waals surface area contributed by atoms with E-state index in [2.05, 4.69) is 16.0 Å². The first-order valence-corrected chi connectivity index (χ1v) is 9.33. The molecule has 0 aliphatic carbocycles. The predicted octanol–water partition coefficient (Wildman–Crippen LogP) is 3.75. The van der Waals surface area contributed by atoms with E-state index in [0.29, 0.717) is 17.9 Å². The maximum Gasteiger partial charge on any atom is 0.251 e. The van der Waals surface area contributed by atoms with Crippen molar-refractivity contribution in [1.82, 2.24) is 10.6 Å². The number of benzene rings is 1. The third kappa shape index (κ3) is 7.34. The Morgan fingerprint density at radius 1 is 1.15 bits per heavy atom. The van der Waals surface area contributed by atoms with Gasteiger partial charge in [0, 0.05) is 23.2 Å². The van der Waals surface area contributed by atoms with Crippen LogP contribution < -0.4 is 16.0 Å². The summed E-state index contributed by atoms with van der Waals surface area (Å²) in [4.78, 5) is 24.3. The molecule has 0 spiro atoms. The molecule has 0 radical (unpaired) electrons. The number of nitrogens with one attached hydrogen (secondary N) is 3. The molecule has 2 amide bonds. The quantitative estimate of drug-likeness (QED) is 0.673. The summed E-state index contributed by atoms with van der Waals surface area (Å²) >= 11 is 0. The fourth-order valence-electron chi connectivity index (χ4n) is 2.90. The molecule has 0 unspecified atom stereocenters. The third-order valence-corrected chi connectivity index (χ3v) is 5.01. The zero-order chi connectivity index (χ0) is 18.3. The topological polar surface area (TPSA) is 70.2 Å². The average molecular weight is 382 g/mol. The van der Waals surface area contributed by atoms with Gasteiger partial charge < -0.3 is 16.0 Å². The van der Waals surface area contributed by atoms with Crippen molar-refractivity contribution in [3.05, 3.63) is 29.8 Å². The lowest BCUT2D eigenvalue weighted by Gasteiger charge is -2.24. The summed E-state index contributed by atoms with van der Waals surface area (Å²) in [5.41, 5.74) is 1.12. The van der Waals surface area contributed by atoms with Crippen LogP contribution >= 0.6 is 12.4 Å². The van der Waals surface area contributed by atoms with E-state index >= 15 is 0 Å². The van der Waals surface area contributed by atoms with E-state index in [1.807, 2.05) is 20.8 Å². The van der Waals surface area contributed by atoms with Gasteiger partial charge in [-0.3, -0.25) is 9.59 Å². The fraction of sp³-hybridized carbons (Fsp3) is 0.600. The van der Waals surface area contributed by atoms with Gasteiger partial charge in [0.2, 0.25) is 5.91 Å². The van der Waals surface area contributed by atoms with Crippen molar-refractivity contribution in [2.24, 2.45) is 5.92 Å². The zero-order valence-electron chi connectivity index (χ0n) is 16.1. The second kappa shape index (κ2) is 10.5.